The Morgan fingerprint density at radius 1 is 1.19 bits per heavy atom. The van der Waals surface area contributed by atoms with Crippen molar-refractivity contribution in [3.05, 3.63) is 35.1 Å². The lowest BCUT2D eigenvalue weighted by Gasteiger charge is -2.44. The standard InChI is InChI=1S/C17H28FN3/c1-13-8-9-14(12-15(13)18)16(20-19)17(2,3)21-10-6-4-5-7-11-21/h8-9,12,16,20H,4-7,10-11,19H2,1-3H3. The van der Waals surface area contributed by atoms with Crippen molar-refractivity contribution in [2.45, 2.75) is 58.0 Å². The molecule has 1 aliphatic rings. The van der Waals surface area contributed by atoms with Crippen LogP contribution in [-0.4, -0.2) is 23.5 Å². The molecule has 0 aliphatic carbocycles. The van der Waals surface area contributed by atoms with E-state index in [9.17, 15) is 4.39 Å². The molecule has 0 amide bonds. The number of hydrogen-bond acceptors (Lipinski definition) is 3. The molecule has 3 nitrogen and oxygen atoms in total. The van der Waals surface area contributed by atoms with Crippen LogP contribution in [0.5, 0.6) is 0 Å². The largest absolute Gasteiger partial charge is 0.296 e. The van der Waals surface area contributed by atoms with E-state index in [2.05, 4.69) is 24.2 Å². The Morgan fingerprint density at radius 3 is 2.33 bits per heavy atom. The first kappa shape index (κ1) is 16.4. The van der Waals surface area contributed by atoms with Crippen molar-refractivity contribution in [2.75, 3.05) is 13.1 Å². The summed E-state index contributed by atoms with van der Waals surface area (Å²) in [5.41, 5.74) is 4.34. The summed E-state index contributed by atoms with van der Waals surface area (Å²) in [5.74, 6) is 5.66. The Labute approximate surface area is 127 Å². The molecule has 0 aromatic heterocycles. The molecule has 0 saturated carbocycles. The van der Waals surface area contributed by atoms with Crippen LogP contribution in [-0.2, 0) is 0 Å². The second kappa shape index (κ2) is 6.86. The number of hydrogen-bond donors (Lipinski definition) is 2. The lowest BCUT2D eigenvalue weighted by atomic mass is 9.86. The van der Waals surface area contributed by atoms with Crippen LogP contribution < -0.4 is 11.3 Å². The van der Waals surface area contributed by atoms with Gasteiger partial charge in [-0.25, -0.2) is 4.39 Å². The van der Waals surface area contributed by atoms with Gasteiger partial charge in [0.25, 0.3) is 0 Å². The van der Waals surface area contributed by atoms with E-state index in [-0.39, 0.29) is 17.4 Å². The topological polar surface area (TPSA) is 41.3 Å². The molecule has 1 heterocycles. The van der Waals surface area contributed by atoms with Crippen LogP contribution in [0.2, 0.25) is 0 Å². The fourth-order valence-corrected chi connectivity index (χ4v) is 3.33. The van der Waals surface area contributed by atoms with E-state index in [0.29, 0.717) is 5.56 Å². The van der Waals surface area contributed by atoms with Gasteiger partial charge in [0.2, 0.25) is 0 Å². The van der Waals surface area contributed by atoms with Gasteiger partial charge in [-0.1, -0.05) is 25.0 Å². The summed E-state index contributed by atoms with van der Waals surface area (Å²) in [6.45, 7) is 8.34. The second-order valence-corrected chi connectivity index (χ2v) is 6.66. The Bertz CT molecular complexity index is 465. The summed E-state index contributed by atoms with van der Waals surface area (Å²) in [6, 6.07) is 5.32. The molecule has 118 valence electrons. The first-order valence-corrected chi connectivity index (χ1v) is 7.94. The zero-order chi connectivity index (χ0) is 15.5. The van der Waals surface area contributed by atoms with E-state index in [1.807, 2.05) is 12.1 Å². The summed E-state index contributed by atoms with van der Waals surface area (Å²) >= 11 is 0. The third kappa shape index (κ3) is 3.62. The highest BCUT2D eigenvalue weighted by molar-refractivity contribution is 5.28. The average molecular weight is 293 g/mol. The normalized spacial score (nSPS) is 19.3. The summed E-state index contributed by atoms with van der Waals surface area (Å²) in [5, 5.41) is 0. The molecule has 1 atom stereocenters. The third-order valence-electron chi connectivity index (χ3n) is 4.82. The molecule has 0 spiro atoms. The van der Waals surface area contributed by atoms with E-state index in [0.717, 1.165) is 18.7 Å². The predicted molar refractivity (Wildman–Crippen MR) is 85.3 cm³/mol. The van der Waals surface area contributed by atoms with Crippen LogP contribution >= 0.6 is 0 Å². The maximum atomic E-state index is 13.9. The number of likely N-dealkylation sites (tertiary alicyclic amines) is 1. The molecule has 4 heteroatoms. The van der Waals surface area contributed by atoms with Gasteiger partial charge >= 0.3 is 0 Å². The molecular weight excluding hydrogens is 265 g/mol. The number of rotatable bonds is 4. The SMILES string of the molecule is Cc1ccc(C(NN)C(C)(C)N2CCCCCC2)cc1F. The zero-order valence-electron chi connectivity index (χ0n) is 13.5. The van der Waals surface area contributed by atoms with Crippen molar-refractivity contribution in [1.82, 2.24) is 10.3 Å². The maximum Gasteiger partial charge on any atom is 0.126 e. The average Bonchev–Trinajstić information content (AvgIpc) is 2.73. The zero-order valence-corrected chi connectivity index (χ0v) is 13.5. The van der Waals surface area contributed by atoms with Gasteiger partial charge in [0.05, 0.1) is 6.04 Å². The molecule has 1 saturated heterocycles. The maximum absolute atomic E-state index is 13.9. The molecule has 1 aromatic rings. The molecule has 2 rings (SSSR count). The number of aryl methyl sites for hydroxylation is 1. The Balaban J connectivity index is 2.26. The van der Waals surface area contributed by atoms with Crippen LogP contribution in [0.1, 0.15) is 56.7 Å². The molecule has 3 N–H and O–H groups in total. The fourth-order valence-electron chi connectivity index (χ4n) is 3.33. The minimum atomic E-state index is -0.167. The van der Waals surface area contributed by atoms with Crippen LogP contribution in [0.15, 0.2) is 18.2 Å². The van der Waals surface area contributed by atoms with Gasteiger partial charge in [0, 0.05) is 5.54 Å². The van der Waals surface area contributed by atoms with Gasteiger partial charge in [-0.15, -0.1) is 0 Å². The lowest BCUT2D eigenvalue weighted by molar-refractivity contribution is 0.0833. The summed E-state index contributed by atoms with van der Waals surface area (Å²) in [6.07, 6.45) is 5.05. The molecule has 1 unspecified atom stereocenters. The van der Waals surface area contributed by atoms with E-state index < -0.39 is 0 Å². The summed E-state index contributed by atoms with van der Waals surface area (Å²) in [4.78, 5) is 2.49. The fraction of sp³-hybridized carbons (Fsp3) is 0.647. The third-order valence-corrected chi connectivity index (χ3v) is 4.82. The van der Waals surface area contributed by atoms with Crippen molar-refractivity contribution in [3.63, 3.8) is 0 Å². The number of hydrazine groups is 1. The number of nitrogens with zero attached hydrogens (tertiary/aromatic N) is 1. The van der Waals surface area contributed by atoms with Crippen molar-refractivity contribution < 1.29 is 4.39 Å². The number of benzene rings is 1. The van der Waals surface area contributed by atoms with Crippen molar-refractivity contribution >= 4 is 0 Å². The molecule has 1 fully saturated rings. The monoisotopic (exact) mass is 293 g/mol. The summed E-state index contributed by atoms with van der Waals surface area (Å²) in [7, 11) is 0. The van der Waals surface area contributed by atoms with Crippen molar-refractivity contribution in [3.8, 4) is 0 Å². The number of nitrogens with two attached hydrogens (primary N) is 1. The minimum absolute atomic E-state index is 0.0919. The van der Waals surface area contributed by atoms with Crippen molar-refractivity contribution in [1.29, 1.82) is 0 Å². The lowest BCUT2D eigenvalue weighted by Crippen LogP contribution is -2.54. The second-order valence-electron chi connectivity index (χ2n) is 6.66. The van der Waals surface area contributed by atoms with Gasteiger partial charge in [-0.05, 0) is 63.9 Å². The molecule has 21 heavy (non-hydrogen) atoms. The number of halogens is 1. The first-order valence-electron chi connectivity index (χ1n) is 7.94. The van der Waals surface area contributed by atoms with Crippen LogP contribution in [0.4, 0.5) is 4.39 Å². The Morgan fingerprint density at radius 2 is 1.81 bits per heavy atom. The molecule has 0 bridgehead atoms. The quantitative estimate of drug-likeness (QED) is 0.661. The number of nitrogens with one attached hydrogen (secondary N) is 1. The van der Waals surface area contributed by atoms with E-state index >= 15 is 0 Å². The van der Waals surface area contributed by atoms with Gasteiger partial charge < -0.3 is 0 Å². The van der Waals surface area contributed by atoms with Gasteiger partial charge in [-0.2, -0.15) is 0 Å². The molecular formula is C17H28FN3. The van der Waals surface area contributed by atoms with Crippen LogP contribution in [0, 0.1) is 12.7 Å². The Hall–Kier alpha value is -0.970. The van der Waals surface area contributed by atoms with Crippen LogP contribution in [0.3, 0.4) is 0 Å². The Kier molecular flexibility index (Phi) is 5.36. The van der Waals surface area contributed by atoms with Crippen molar-refractivity contribution in [2.24, 2.45) is 5.84 Å². The highest BCUT2D eigenvalue weighted by Gasteiger charge is 2.36. The van der Waals surface area contributed by atoms with E-state index in [4.69, 9.17) is 5.84 Å². The highest BCUT2D eigenvalue weighted by Crippen LogP contribution is 2.33. The van der Waals surface area contributed by atoms with Gasteiger partial charge in [0.1, 0.15) is 5.82 Å². The van der Waals surface area contributed by atoms with E-state index in [1.54, 1.807) is 13.0 Å². The molecule has 1 aliphatic heterocycles. The highest BCUT2D eigenvalue weighted by atomic mass is 19.1. The van der Waals surface area contributed by atoms with Gasteiger partial charge in [0.15, 0.2) is 0 Å². The molecule has 1 aromatic carbocycles. The predicted octanol–water partition coefficient (Wildman–Crippen LogP) is 3.29. The smallest absolute Gasteiger partial charge is 0.126 e. The summed E-state index contributed by atoms with van der Waals surface area (Å²) < 4.78 is 13.9. The van der Waals surface area contributed by atoms with Gasteiger partial charge in [-0.3, -0.25) is 16.2 Å². The first-order chi connectivity index (χ1) is 9.96. The van der Waals surface area contributed by atoms with Crippen LogP contribution in [0.25, 0.3) is 0 Å². The van der Waals surface area contributed by atoms with E-state index in [1.165, 1.54) is 25.7 Å². The molecule has 0 radical (unpaired) electrons. The minimum Gasteiger partial charge on any atom is -0.296 e.